The van der Waals surface area contributed by atoms with Gasteiger partial charge in [-0.15, -0.1) is 0 Å². The molecule has 1 saturated heterocycles. The van der Waals surface area contributed by atoms with Crippen molar-refractivity contribution in [1.82, 2.24) is 20.2 Å². The van der Waals surface area contributed by atoms with Gasteiger partial charge in [0.2, 0.25) is 0 Å². The van der Waals surface area contributed by atoms with Crippen LogP contribution in [-0.4, -0.2) is 78.9 Å². The average Bonchev–Trinajstić information content (AvgIpc) is 3.52. The predicted molar refractivity (Wildman–Crippen MR) is 167 cm³/mol. The Morgan fingerprint density at radius 2 is 1.77 bits per heavy atom. The number of nitrogens with one attached hydrogen (secondary N) is 1. The summed E-state index contributed by atoms with van der Waals surface area (Å²) in [4.78, 5) is 35.0. The first kappa shape index (κ1) is 32.8. The highest BCUT2D eigenvalue weighted by atomic mass is 19.4. The minimum Gasteiger partial charge on any atom is -0.490 e. The van der Waals surface area contributed by atoms with Crippen molar-refractivity contribution in [1.29, 1.82) is 5.26 Å². The molecule has 0 saturated carbocycles. The number of ether oxygens (including phenoxy) is 2. The lowest BCUT2D eigenvalue weighted by Gasteiger charge is -2.35. The molecule has 0 radical (unpaired) electrons. The second kappa shape index (κ2) is 14.2. The molecular formula is C33H32F3N7O4. The number of amides is 2. The van der Waals surface area contributed by atoms with E-state index in [-0.39, 0.29) is 37.9 Å². The molecule has 14 heteroatoms. The number of pyridine rings is 1. The van der Waals surface area contributed by atoms with E-state index in [1.807, 2.05) is 0 Å². The molecule has 2 aliphatic heterocycles. The number of nitriles is 1. The molecule has 0 aliphatic carbocycles. The summed E-state index contributed by atoms with van der Waals surface area (Å²) in [6, 6.07) is 17.8. The van der Waals surface area contributed by atoms with Gasteiger partial charge in [-0.05, 0) is 48.9 Å². The largest absolute Gasteiger partial charge is 0.490 e. The van der Waals surface area contributed by atoms with E-state index < -0.39 is 17.7 Å². The number of nitrogens with zero attached hydrogens (tertiary/aromatic N) is 6. The number of fused-ring (bicyclic) bond motifs is 1. The summed E-state index contributed by atoms with van der Waals surface area (Å²) in [6.07, 6.45) is -3.35. The summed E-state index contributed by atoms with van der Waals surface area (Å²) in [5, 5.41) is 12.1. The zero-order chi connectivity index (χ0) is 33.6. The van der Waals surface area contributed by atoms with Crippen LogP contribution in [0.15, 0.2) is 77.2 Å². The summed E-state index contributed by atoms with van der Waals surface area (Å²) >= 11 is 0. The fourth-order valence-corrected chi connectivity index (χ4v) is 5.54. The number of rotatable bonds is 10. The van der Waals surface area contributed by atoms with E-state index >= 15 is 0 Å². The van der Waals surface area contributed by atoms with E-state index in [0.717, 1.165) is 16.9 Å². The number of hydrogen-bond donors (Lipinski definition) is 1. The summed E-state index contributed by atoms with van der Waals surface area (Å²) in [5.74, 6) is 0.281. The lowest BCUT2D eigenvalue weighted by atomic mass is 10.1. The summed E-state index contributed by atoms with van der Waals surface area (Å²) < 4.78 is 53.0. The lowest BCUT2D eigenvalue weighted by Crippen LogP contribution is -2.49. The van der Waals surface area contributed by atoms with Crippen LogP contribution >= 0.6 is 0 Å². The molecule has 5 rings (SSSR count). The molecule has 1 fully saturated rings. The van der Waals surface area contributed by atoms with Gasteiger partial charge in [-0.3, -0.25) is 9.59 Å². The topological polar surface area (TPSA) is 123 Å². The Morgan fingerprint density at radius 1 is 1.02 bits per heavy atom. The number of allylic oxidation sites excluding steroid dienone is 1. The molecule has 47 heavy (non-hydrogen) atoms. The highest BCUT2D eigenvalue weighted by Gasteiger charge is 2.42. The van der Waals surface area contributed by atoms with Crippen molar-refractivity contribution in [2.24, 2.45) is 5.10 Å². The number of piperazine rings is 1. The number of hydrogen-bond acceptors (Lipinski definition) is 9. The van der Waals surface area contributed by atoms with E-state index in [2.05, 4.69) is 27.8 Å². The van der Waals surface area contributed by atoms with E-state index in [4.69, 9.17) is 14.7 Å². The number of alkyl halides is 3. The van der Waals surface area contributed by atoms with Gasteiger partial charge in [0, 0.05) is 69.0 Å². The number of hydrazone groups is 1. The predicted octanol–water partition coefficient (Wildman–Crippen LogP) is 4.26. The molecule has 0 bridgehead atoms. The van der Waals surface area contributed by atoms with Crippen LogP contribution in [0.5, 0.6) is 11.5 Å². The number of carbonyl (C=O) groups is 2. The molecule has 0 spiro atoms. The van der Waals surface area contributed by atoms with Crippen molar-refractivity contribution in [2.75, 3.05) is 44.3 Å². The molecule has 2 aromatic carbocycles. The minimum absolute atomic E-state index is 0.111. The lowest BCUT2D eigenvalue weighted by molar-refractivity contribution is -0.131. The first-order valence-electron chi connectivity index (χ1n) is 14.7. The molecule has 3 aromatic rings. The van der Waals surface area contributed by atoms with E-state index in [1.165, 1.54) is 18.0 Å². The Kier molecular flexibility index (Phi) is 9.94. The van der Waals surface area contributed by atoms with Crippen LogP contribution < -0.4 is 19.8 Å². The van der Waals surface area contributed by atoms with Crippen LogP contribution in [0.3, 0.4) is 0 Å². The van der Waals surface area contributed by atoms with E-state index in [0.29, 0.717) is 48.8 Å². The standard InChI is InChI=1S/C33H32F3N7O4/c1-22(30(33(34,35)36)31(44)40-38-2)43-20-25-6-4-8-28(27(25)21-43)47-16-15-46-26-7-3-5-24(17-26)32(45)42-13-11-41(12-14-42)29-10-9-23(18-37)19-39-29/h3-10,17,19H,2,11-16,20-21H2,1H3,(H,40,44)/b30-22-. The Labute approximate surface area is 269 Å². The smallest absolute Gasteiger partial charge is 0.423 e. The number of benzene rings is 2. The summed E-state index contributed by atoms with van der Waals surface area (Å²) in [6.45, 7) is 7.14. The molecule has 11 nitrogen and oxygen atoms in total. The molecule has 2 amide bonds. The molecule has 0 unspecified atom stereocenters. The van der Waals surface area contributed by atoms with Gasteiger partial charge in [-0.2, -0.15) is 23.5 Å². The molecule has 3 heterocycles. The molecule has 0 atom stereocenters. The fourth-order valence-electron chi connectivity index (χ4n) is 5.54. The molecule has 1 aromatic heterocycles. The third kappa shape index (κ3) is 7.63. The minimum atomic E-state index is -4.88. The number of carbonyl (C=O) groups excluding carboxylic acids is 2. The van der Waals surface area contributed by atoms with Crippen molar-refractivity contribution in [3.05, 3.63) is 94.3 Å². The van der Waals surface area contributed by atoms with Crippen LogP contribution in [-0.2, 0) is 17.9 Å². The normalized spacial score (nSPS) is 14.9. The van der Waals surface area contributed by atoms with Gasteiger partial charge in [0.1, 0.15) is 42.2 Å². The van der Waals surface area contributed by atoms with Gasteiger partial charge in [-0.25, -0.2) is 10.4 Å². The first-order chi connectivity index (χ1) is 22.6. The van der Waals surface area contributed by atoms with Crippen LogP contribution in [0.25, 0.3) is 0 Å². The highest BCUT2D eigenvalue weighted by Crippen LogP contribution is 2.37. The van der Waals surface area contributed by atoms with Crippen molar-refractivity contribution < 1.29 is 32.2 Å². The molecule has 2 aliphatic rings. The van der Waals surface area contributed by atoms with Crippen LogP contribution in [0.1, 0.15) is 34.0 Å². The summed E-state index contributed by atoms with van der Waals surface area (Å²) in [7, 11) is 0. The Hall–Kier alpha value is -5.58. The number of halogens is 3. The SMILES string of the molecule is C=NNC(=O)/C(=C(\C)N1Cc2cccc(OCCOc3cccc(C(=O)N4CCN(c5ccc(C#N)cn5)CC4)c3)c2C1)C(F)(F)F. The maximum absolute atomic E-state index is 13.7. The van der Waals surface area contributed by atoms with Crippen molar-refractivity contribution in [2.45, 2.75) is 26.2 Å². The van der Waals surface area contributed by atoms with Gasteiger partial charge in [0.05, 0.1) is 5.56 Å². The molecule has 1 N–H and O–H groups in total. The van der Waals surface area contributed by atoms with Crippen molar-refractivity contribution in [3.63, 3.8) is 0 Å². The maximum Gasteiger partial charge on any atom is 0.423 e. The zero-order valence-electron chi connectivity index (χ0n) is 25.6. The van der Waals surface area contributed by atoms with Crippen molar-refractivity contribution in [3.8, 4) is 17.6 Å². The van der Waals surface area contributed by atoms with E-state index in [9.17, 15) is 22.8 Å². The third-order valence-electron chi connectivity index (χ3n) is 7.93. The second-order valence-corrected chi connectivity index (χ2v) is 10.8. The Morgan fingerprint density at radius 3 is 2.45 bits per heavy atom. The van der Waals surface area contributed by atoms with Gasteiger partial charge in [0.15, 0.2) is 0 Å². The number of anilines is 1. The summed E-state index contributed by atoms with van der Waals surface area (Å²) in [5.41, 5.74) is 2.70. The van der Waals surface area contributed by atoms with Gasteiger partial charge < -0.3 is 24.2 Å². The monoisotopic (exact) mass is 647 g/mol. The van der Waals surface area contributed by atoms with Crippen LogP contribution in [0.2, 0.25) is 0 Å². The van der Waals surface area contributed by atoms with E-state index in [1.54, 1.807) is 64.9 Å². The van der Waals surface area contributed by atoms with Crippen molar-refractivity contribution >= 4 is 24.3 Å². The Balaban J connectivity index is 1.14. The van der Waals surface area contributed by atoms with Gasteiger partial charge >= 0.3 is 6.18 Å². The zero-order valence-corrected chi connectivity index (χ0v) is 25.6. The molecular weight excluding hydrogens is 615 g/mol. The highest BCUT2D eigenvalue weighted by molar-refractivity contribution is 5.95. The second-order valence-electron chi connectivity index (χ2n) is 10.8. The van der Waals surface area contributed by atoms with Gasteiger partial charge in [-0.1, -0.05) is 18.2 Å². The maximum atomic E-state index is 13.7. The third-order valence-corrected chi connectivity index (χ3v) is 7.93. The molecule has 244 valence electrons. The fraction of sp³-hybridized carbons (Fsp3) is 0.303. The van der Waals surface area contributed by atoms with Crippen LogP contribution in [0, 0.1) is 11.3 Å². The number of aromatic nitrogens is 1. The van der Waals surface area contributed by atoms with Crippen LogP contribution in [0.4, 0.5) is 19.0 Å². The van der Waals surface area contributed by atoms with Gasteiger partial charge in [0.25, 0.3) is 11.8 Å². The average molecular weight is 648 g/mol. The Bertz CT molecular complexity index is 1710. The quantitative estimate of drug-likeness (QED) is 0.150. The first-order valence-corrected chi connectivity index (χ1v) is 14.7.